The topological polar surface area (TPSA) is 86.2 Å². The minimum atomic E-state index is -0.514. The number of pyridine rings is 1. The zero-order valence-electron chi connectivity index (χ0n) is 15.0. The second-order valence-electron chi connectivity index (χ2n) is 5.63. The first-order valence-electron chi connectivity index (χ1n) is 8.07. The van der Waals surface area contributed by atoms with Gasteiger partial charge >= 0.3 is 6.01 Å². The Balaban J connectivity index is 1.82. The number of ether oxygens (including phenoxy) is 2. The van der Waals surface area contributed by atoms with E-state index < -0.39 is 5.82 Å². The first-order chi connectivity index (χ1) is 13.0. The van der Waals surface area contributed by atoms with Crippen molar-refractivity contribution < 1.29 is 18.7 Å². The van der Waals surface area contributed by atoms with Gasteiger partial charge in [-0.2, -0.15) is 9.97 Å². The molecule has 0 bridgehead atoms. The Hall–Kier alpha value is -3.55. The second-order valence-corrected chi connectivity index (χ2v) is 5.63. The predicted octanol–water partition coefficient (Wildman–Crippen LogP) is 3.68. The first-order valence-corrected chi connectivity index (χ1v) is 8.07. The zero-order chi connectivity index (χ0) is 19.4. The molecule has 27 heavy (non-hydrogen) atoms. The van der Waals surface area contributed by atoms with E-state index in [9.17, 15) is 9.18 Å². The Bertz CT molecular complexity index is 971. The SMILES string of the molecule is COc1cc(C(=O)Nc2c(C)nc(Oc3ccccc3F)nc2C)ccn1. The normalized spacial score (nSPS) is 10.4. The lowest BCUT2D eigenvalue weighted by molar-refractivity contribution is 0.102. The molecule has 138 valence electrons. The third-order valence-corrected chi connectivity index (χ3v) is 3.73. The van der Waals surface area contributed by atoms with E-state index >= 15 is 0 Å². The number of hydrogen-bond acceptors (Lipinski definition) is 6. The lowest BCUT2D eigenvalue weighted by atomic mass is 10.2. The van der Waals surface area contributed by atoms with Crippen molar-refractivity contribution >= 4 is 11.6 Å². The molecule has 8 heteroatoms. The molecule has 7 nitrogen and oxygen atoms in total. The van der Waals surface area contributed by atoms with Crippen LogP contribution in [0, 0.1) is 19.7 Å². The molecule has 0 aliphatic carbocycles. The van der Waals surface area contributed by atoms with Crippen molar-refractivity contribution in [2.45, 2.75) is 13.8 Å². The quantitative estimate of drug-likeness (QED) is 0.739. The summed E-state index contributed by atoms with van der Waals surface area (Å²) in [7, 11) is 1.47. The van der Waals surface area contributed by atoms with Crippen LogP contribution in [0.15, 0.2) is 42.6 Å². The molecule has 2 heterocycles. The Morgan fingerprint density at radius 3 is 2.48 bits per heavy atom. The summed E-state index contributed by atoms with van der Waals surface area (Å²) in [6.07, 6.45) is 1.48. The van der Waals surface area contributed by atoms with E-state index in [1.165, 1.54) is 31.5 Å². The molecule has 2 aromatic heterocycles. The number of rotatable bonds is 5. The van der Waals surface area contributed by atoms with Gasteiger partial charge in [-0.25, -0.2) is 9.37 Å². The van der Waals surface area contributed by atoms with E-state index in [0.29, 0.717) is 28.5 Å². The minimum absolute atomic E-state index is 0.00122. The molecule has 0 radical (unpaired) electrons. The van der Waals surface area contributed by atoms with E-state index in [1.807, 2.05) is 0 Å². The molecule has 0 saturated heterocycles. The van der Waals surface area contributed by atoms with E-state index in [-0.39, 0.29) is 17.7 Å². The minimum Gasteiger partial charge on any atom is -0.481 e. The van der Waals surface area contributed by atoms with Gasteiger partial charge in [0.05, 0.1) is 24.2 Å². The highest BCUT2D eigenvalue weighted by molar-refractivity contribution is 6.04. The van der Waals surface area contributed by atoms with Crippen LogP contribution in [0.2, 0.25) is 0 Å². The standard InChI is InChI=1S/C19H17FN4O3/c1-11-17(24-18(25)13-8-9-21-16(10-13)26-3)12(2)23-19(22-11)27-15-7-5-4-6-14(15)20/h4-10H,1-3H3,(H,24,25). The number of carbonyl (C=O) groups excluding carboxylic acids is 1. The highest BCUT2D eigenvalue weighted by Crippen LogP contribution is 2.25. The summed E-state index contributed by atoms with van der Waals surface area (Å²) >= 11 is 0. The third kappa shape index (κ3) is 4.17. The first kappa shape index (κ1) is 18.2. The largest absolute Gasteiger partial charge is 0.481 e. The van der Waals surface area contributed by atoms with Crippen molar-refractivity contribution in [3.8, 4) is 17.6 Å². The number of hydrogen-bond donors (Lipinski definition) is 1. The van der Waals surface area contributed by atoms with Crippen molar-refractivity contribution in [2.24, 2.45) is 0 Å². The number of aromatic nitrogens is 3. The van der Waals surface area contributed by atoms with Crippen molar-refractivity contribution in [1.82, 2.24) is 15.0 Å². The number of amides is 1. The average molecular weight is 368 g/mol. The summed E-state index contributed by atoms with van der Waals surface area (Å²) in [5.41, 5.74) is 1.82. The molecule has 0 fully saturated rings. The highest BCUT2D eigenvalue weighted by Gasteiger charge is 2.15. The molecular weight excluding hydrogens is 351 g/mol. The molecule has 3 rings (SSSR count). The zero-order valence-corrected chi connectivity index (χ0v) is 15.0. The molecule has 0 spiro atoms. The van der Waals surface area contributed by atoms with Gasteiger partial charge in [-0.15, -0.1) is 0 Å². The second kappa shape index (κ2) is 7.77. The summed E-state index contributed by atoms with van der Waals surface area (Å²) < 4.78 is 24.2. The Morgan fingerprint density at radius 2 is 1.81 bits per heavy atom. The molecule has 1 aromatic carbocycles. The van der Waals surface area contributed by atoms with Gasteiger partial charge in [0.15, 0.2) is 11.6 Å². The van der Waals surface area contributed by atoms with Crippen LogP contribution in [-0.2, 0) is 0 Å². The predicted molar refractivity (Wildman–Crippen MR) is 96.7 cm³/mol. The smallest absolute Gasteiger partial charge is 0.322 e. The van der Waals surface area contributed by atoms with Crippen LogP contribution >= 0.6 is 0 Å². The number of aryl methyl sites for hydroxylation is 2. The average Bonchev–Trinajstić information content (AvgIpc) is 2.66. The van der Waals surface area contributed by atoms with Crippen LogP contribution in [0.1, 0.15) is 21.7 Å². The van der Waals surface area contributed by atoms with Gasteiger partial charge in [-0.1, -0.05) is 12.1 Å². The fourth-order valence-corrected chi connectivity index (χ4v) is 2.39. The van der Waals surface area contributed by atoms with Gasteiger partial charge in [-0.05, 0) is 32.0 Å². The maximum absolute atomic E-state index is 13.7. The van der Waals surface area contributed by atoms with Gasteiger partial charge in [0.25, 0.3) is 5.91 Å². The number of halogens is 1. The fourth-order valence-electron chi connectivity index (χ4n) is 2.39. The number of nitrogens with one attached hydrogen (secondary N) is 1. The summed E-state index contributed by atoms with van der Waals surface area (Å²) in [5.74, 6) is -0.508. The lowest BCUT2D eigenvalue weighted by Crippen LogP contribution is -2.15. The Labute approximate surface area is 155 Å². The molecule has 0 aliphatic rings. The Morgan fingerprint density at radius 1 is 1.11 bits per heavy atom. The van der Waals surface area contributed by atoms with E-state index in [2.05, 4.69) is 20.3 Å². The van der Waals surface area contributed by atoms with Crippen molar-refractivity contribution in [3.05, 3.63) is 65.4 Å². The van der Waals surface area contributed by atoms with Crippen molar-refractivity contribution in [3.63, 3.8) is 0 Å². The van der Waals surface area contributed by atoms with Crippen LogP contribution in [-0.4, -0.2) is 28.0 Å². The van der Waals surface area contributed by atoms with Gasteiger partial charge in [-0.3, -0.25) is 4.79 Å². The van der Waals surface area contributed by atoms with Gasteiger partial charge in [0, 0.05) is 17.8 Å². The molecule has 1 N–H and O–H groups in total. The summed E-state index contributed by atoms with van der Waals surface area (Å²) in [6.45, 7) is 3.40. The van der Waals surface area contributed by atoms with Crippen LogP contribution in [0.25, 0.3) is 0 Å². The molecule has 0 unspecified atom stereocenters. The summed E-state index contributed by atoms with van der Waals surface area (Å²) in [5, 5.41) is 2.77. The van der Waals surface area contributed by atoms with E-state index in [4.69, 9.17) is 9.47 Å². The number of methoxy groups -OCH3 is 1. The van der Waals surface area contributed by atoms with Gasteiger partial charge in [0.1, 0.15) is 0 Å². The van der Waals surface area contributed by atoms with Crippen molar-refractivity contribution in [2.75, 3.05) is 12.4 Å². The number of anilines is 1. The van der Waals surface area contributed by atoms with Crippen LogP contribution in [0.4, 0.5) is 10.1 Å². The molecular formula is C19H17FN4O3. The monoisotopic (exact) mass is 368 g/mol. The Kier molecular flexibility index (Phi) is 5.25. The highest BCUT2D eigenvalue weighted by atomic mass is 19.1. The molecule has 0 saturated carbocycles. The summed E-state index contributed by atoms with van der Waals surface area (Å²) in [6, 6.07) is 9.07. The molecule has 1 amide bonds. The molecule has 3 aromatic rings. The number of benzene rings is 1. The number of nitrogens with zero attached hydrogens (tertiary/aromatic N) is 3. The van der Waals surface area contributed by atoms with Crippen LogP contribution < -0.4 is 14.8 Å². The maximum Gasteiger partial charge on any atom is 0.322 e. The van der Waals surface area contributed by atoms with Crippen LogP contribution in [0.3, 0.4) is 0 Å². The molecule has 0 atom stereocenters. The number of para-hydroxylation sites is 1. The fraction of sp³-hybridized carbons (Fsp3) is 0.158. The van der Waals surface area contributed by atoms with Crippen molar-refractivity contribution in [1.29, 1.82) is 0 Å². The number of carbonyl (C=O) groups is 1. The lowest BCUT2D eigenvalue weighted by Gasteiger charge is -2.13. The van der Waals surface area contributed by atoms with Gasteiger partial charge < -0.3 is 14.8 Å². The molecule has 0 aliphatic heterocycles. The maximum atomic E-state index is 13.7. The van der Waals surface area contributed by atoms with Gasteiger partial charge in [0.2, 0.25) is 5.88 Å². The van der Waals surface area contributed by atoms with E-state index in [0.717, 1.165) is 0 Å². The van der Waals surface area contributed by atoms with Crippen LogP contribution in [0.5, 0.6) is 17.6 Å². The van der Waals surface area contributed by atoms with E-state index in [1.54, 1.807) is 32.0 Å². The summed E-state index contributed by atoms with van der Waals surface area (Å²) in [4.78, 5) is 24.8. The third-order valence-electron chi connectivity index (χ3n) is 3.73.